The summed E-state index contributed by atoms with van der Waals surface area (Å²) in [5.41, 5.74) is 1.95. The second-order valence-corrected chi connectivity index (χ2v) is 7.02. The number of aromatic amines is 1. The molecule has 2 aromatic rings. The highest BCUT2D eigenvalue weighted by Gasteiger charge is 2.37. The zero-order chi connectivity index (χ0) is 18.7. The number of imide groups is 1. The van der Waals surface area contributed by atoms with Gasteiger partial charge in [-0.15, -0.1) is 0 Å². The van der Waals surface area contributed by atoms with Crippen LogP contribution in [0.15, 0.2) is 24.4 Å². The second kappa shape index (κ2) is 8.10. The summed E-state index contributed by atoms with van der Waals surface area (Å²) < 4.78 is 0. The number of nitrogens with zero attached hydrogens (tertiary/aromatic N) is 2. The molecular formula is C19H25ClN4O2. The monoisotopic (exact) mass is 376 g/mol. The van der Waals surface area contributed by atoms with Gasteiger partial charge in [0.1, 0.15) is 6.04 Å². The van der Waals surface area contributed by atoms with Crippen LogP contribution in [0.5, 0.6) is 0 Å². The summed E-state index contributed by atoms with van der Waals surface area (Å²) in [7, 11) is 0. The molecule has 1 aromatic carbocycles. The quantitative estimate of drug-likeness (QED) is 0.696. The fraction of sp³-hybridized carbons (Fsp3) is 0.474. The second-order valence-electron chi connectivity index (χ2n) is 6.58. The third-order valence-corrected chi connectivity index (χ3v) is 5.25. The Morgan fingerprint density at radius 1 is 1.23 bits per heavy atom. The number of nitrogens with one attached hydrogen (secondary N) is 2. The van der Waals surface area contributed by atoms with E-state index in [0.29, 0.717) is 18.0 Å². The zero-order valence-corrected chi connectivity index (χ0v) is 16.0. The van der Waals surface area contributed by atoms with Crippen molar-refractivity contribution >= 4 is 34.4 Å². The van der Waals surface area contributed by atoms with E-state index in [4.69, 9.17) is 11.6 Å². The summed E-state index contributed by atoms with van der Waals surface area (Å²) in [6, 6.07) is 4.80. The van der Waals surface area contributed by atoms with Crippen molar-refractivity contribution in [2.24, 2.45) is 0 Å². The molecule has 3 amide bonds. The predicted molar refractivity (Wildman–Crippen MR) is 103 cm³/mol. The molecule has 0 radical (unpaired) electrons. The number of urea groups is 1. The Labute approximate surface area is 158 Å². The van der Waals surface area contributed by atoms with E-state index < -0.39 is 6.04 Å². The molecule has 6 nitrogen and oxygen atoms in total. The van der Waals surface area contributed by atoms with E-state index in [-0.39, 0.29) is 11.9 Å². The van der Waals surface area contributed by atoms with Gasteiger partial charge in [0.2, 0.25) is 0 Å². The van der Waals surface area contributed by atoms with Gasteiger partial charge in [0.15, 0.2) is 0 Å². The fourth-order valence-corrected chi connectivity index (χ4v) is 3.63. The number of aromatic nitrogens is 1. The van der Waals surface area contributed by atoms with Gasteiger partial charge in [-0.2, -0.15) is 0 Å². The summed E-state index contributed by atoms with van der Waals surface area (Å²) in [5.74, 6) is -0.147. The first-order valence-corrected chi connectivity index (χ1v) is 9.51. The Kier molecular flexibility index (Phi) is 5.84. The van der Waals surface area contributed by atoms with Crippen molar-refractivity contribution in [3.63, 3.8) is 0 Å². The summed E-state index contributed by atoms with van der Waals surface area (Å²) >= 11 is 6.08. The molecule has 1 aliphatic heterocycles. The van der Waals surface area contributed by atoms with E-state index in [0.717, 1.165) is 42.5 Å². The molecule has 1 unspecified atom stereocenters. The number of benzene rings is 1. The topological polar surface area (TPSA) is 68.4 Å². The highest BCUT2D eigenvalue weighted by molar-refractivity contribution is 6.31. The van der Waals surface area contributed by atoms with Gasteiger partial charge in [-0.25, -0.2) is 4.79 Å². The molecule has 0 spiro atoms. The molecule has 1 aliphatic rings. The van der Waals surface area contributed by atoms with E-state index >= 15 is 0 Å². The van der Waals surface area contributed by atoms with Crippen molar-refractivity contribution in [2.75, 3.05) is 26.2 Å². The molecule has 2 heterocycles. The fourth-order valence-electron chi connectivity index (χ4n) is 3.46. The Bertz CT molecular complexity index is 800. The Morgan fingerprint density at radius 2 is 2.00 bits per heavy atom. The number of carbonyl (C=O) groups excluding carboxylic acids is 2. The van der Waals surface area contributed by atoms with Gasteiger partial charge in [0.25, 0.3) is 5.91 Å². The number of H-pyrrole nitrogens is 1. The van der Waals surface area contributed by atoms with Gasteiger partial charge in [0.05, 0.1) is 0 Å². The summed E-state index contributed by atoms with van der Waals surface area (Å²) in [5, 5.41) is 4.45. The Balaban J connectivity index is 1.64. The van der Waals surface area contributed by atoms with Crippen LogP contribution in [-0.4, -0.2) is 58.9 Å². The average Bonchev–Trinajstić information content (AvgIpc) is 3.14. The minimum absolute atomic E-state index is 0.147. The van der Waals surface area contributed by atoms with Crippen LogP contribution in [-0.2, 0) is 11.2 Å². The van der Waals surface area contributed by atoms with E-state index in [1.807, 2.05) is 24.4 Å². The molecule has 1 atom stereocenters. The van der Waals surface area contributed by atoms with Crippen LogP contribution in [0.25, 0.3) is 10.9 Å². The highest BCUT2D eigenvalue weighted by atomic mass is 35.5. The lowest BCUT2D eigenvalue weighted by atomic mass is 10.1. The molecule has 0 saturated carbocycles. The number of hydrogen-bond acceptors (Lipinski definition) is 3. The maximum atomic E-state index is 12.7. The molecule has 0 aliphatic carbocycles. The average molecular weight is 377 g/mol. The van der Waals surface area contributed by atoms with Crippen LogP contribution < -0.4 is 5.32 Å². The number of fused-ring (bicyclic) bond motifs is 1. The first kappa shape index (κ1) is 18.7. The molecule has 7 heteroatoms. The lowest BCUT2D eigenvalue weighted by molar-refractivity contribution is -0.127. The molecule has 1 saturated heterocycles. The van der Waals surface area contributed by atoms with Crippen molar-refractivity contribution in [3.05, 3.63) is 35.0 Å². The lowest BCUT2D eigenvalue weighted by Crippen LogP contribution is -2.35. The minimum Gasteiger partial charge on any atom is -0.361 e. The minimum atomic E-state index is -0.520. The van der Waals surface area contributed by atoms with Crippen LogP contribution in [0.1, 0.15) is 25.8 Å². The van der Waals surface area contributed by atoms with Gasteiger partial charge in [-0.3, -0.25) is 9.69 Å². The van der Waals surface area contributed by atoms with E-state index in [9.17, 15) is 9.59 Å². The number of carbonyl (C=O) groups is 2. The molecule has 26 heavy (non-hydrogen) atoms. The van der Waals surface area contributed by atoms with Crippen LogP contribution in [0.3, 0.4) is 0 Å². The normalized spacial score (nSPS) is 17.5. The Morgan fingerprint density at radius 3 is 2.73 bits per heavy atom. The van der Waals surface area contributed by atoms with Gasteiger partial charge in [-0.05, 0) is 49.8 Å². The maximum absolute atomic E-state index is 12.7. The predicted octanol–water partition coefficient (Wildman–Crippen LogP) is 3.02. The van der Waals surface area contributed by atoms with Gasteiger partial charge < -0.3 is 15.2 Å². The zero-order valence-electron chi connectivity index (χ0n) is 15.2. The van der Waals surface area contributed by atoms with Crippen LogP contribution in [0.2, 0.25) is 5.02 Å². The number of halogens is 1. The van der Waals surface area contributed by atoms with Crippen LogP contribution in [0.4, 0.5) is 4.79 Å². The first-order valence-electron chi connectivity index (χ1n) is 9.13. The number of amides is 3. The van der Waals surface area contributed by atoms with E-state index in [1.165, 1.54) is 4.90 Å². The van der Waals surface area contributed by atoms with Crippen molar-refractivity contribution in [3.8, 4) is 0 Å². The largest absolute Gasteiger partial charge is 0.361 e. The number of rotatable bonds is 8. The Hall–Kier alpha value is -2.05. The van der Waals surface area contributed by atoms with Crippen molar-refractivity contribution < 1.29 is 9.59 Å². The van der Waals surface area contributed by atoms with E-state index in [1.54, 1.807) is 0 Å². The van der Waals surface area contributed by atoms with E-state index in [2.05, 4.69) is 29.0 Å². The molecule has 2 N–H and O–H groups in total. The number of hydrogen-bond donors (Lipinski definition) is 2. The van der Waals surface area contributed by atoms with Crippen molar-refractivity contribution in [1.29, 1.82) is 0 Å². The summed E-state index contributed by atoms with van der Waals surface area (Å²) in [6.45, 7) is 7.51. The van der Waals surface area contributed by atoms with Gasteiger partial charge >= 0.3 is 6.03 Å². The summed E-state index contributed by atoms with van der Waals surface area (Å²) in [4.78, 5) is 31.7. The molecular weight excluding hydrogens is 352 g/mol. The van der Waals surface area contributed by atoms with Gasteiger partial charge in [-0.1, -0.05) is 25.4 Å². The van der Waals surface area contributed by atoms with Crippen molar-refractivity contribution in [1.82, 2.24) is 20.1 Å². The molecule has 1 aromatic heterocycles. The highest BCUT2D eigenvalue weighted by Crippen LogP contribution is 2.24. The van der Waals surface area contributed by atoms with Gasteiger partial charge in [0, 0.05) is 35.1 Å². The molecule has 140 valence electrons. The van der Waals surface area contributed by atoms with Crippen molar-refractivity contribution in [2.45, 2.75) is 32.7 Å². The summed E-state index contributed by atoms with van der Waals surface area (Å²) in [6.07, 6.45) is 3.12. The molecule has 0 bridgehead atoms. The third-order valence-electron chi connectivity index (χ3n) is 5.01. The lowest BCUT2D eigenvalue weighted by Gasteiger charge is -2.19. The first-order chi connectivity index (χ1) is 12.5. The molecule has 3 rings (SSSR count). The smallest absolute Gasteiger partial charge is 0.324 e. The van der Waals surface area contributed by atoms with Crippen LogP contribution >= 0.6 is 11.6 Å². The SMILES string of the molecule is CCN(CC)CCCN1C(=O)NC(Cc2c[nH]c3ccc(Cl)cc23)C1=O. The maximum Gasteiger partial charge on any atom is 0.324 e. The standard InChI is InChI=1S/C19H25ClN4O2/c1-3-23(4-2)8-5-9-24-18(25)17(22-19(24)26)10-13-12-21-16-7-6-14(20)11-15(13)16/h6-7,11-12,17,21H,3-5,8-10H2,1-2H3,(H,22,26). The molecule has 1 fully saturated rings. The van der Waals surface area contributed by atoms with Crippen LogP contribution in [0, 0.1) is 0 Å². The third kappa shape index (κ3) is 3.86.